The van der Waals surface area contributed by atoms with Crippen molar-refractivity contribution in [3.63, 3.8) is 0 Å². The monoisotopic (exact) mass is 234 g/mol. The molecule has 0 amide bonds. The first-order valence-electron chi connectivity index (χ1n) is 5.65. The van der Waals surface area contributed by atoms with Crippen LogP contribution in [-0.2, 0) is 0 Å². The quantitative estimate of drug-likeness (QED) is 0.811. The summed E-state index contributed by atoms with van der Waals surface area (Å²) in [6.45, 7) is 1.61. The van der Waals surface area contributed by atoms with Gasteiger partial charge in [-0.15, -0.1) is 0 Å². The third-order valence-electron chi connectivity index (χ3n) is 3.30. The minimum Gasteiger partial charge on any atom is -0.312 e. The summed E-state index contributed by atoms with van der Waals surface area (Å²) in [6.07, 6.45) is 0.0707. The second-order valence-electron chi connectivity index (χ2n) is 4.46. The van der Waals surface area contributed by atoms with Crippen molar-refractivity contribution in [1.29, 1.82) is 5.26 Å². The number of nitrogens with one attached hydrogen (secondary N) is 1. The molecule has 92 valence electrons. The maximum atomic E-state index is 12.3. The van der Waals surface area contributed by atoms with Gasteiger partial charge in [-0.3, -0.25) is 0 Å². The number of nitrogens with zero attached hydrogens (tertiary/aromatic N) is 1. The van der Waals surface area contributed by atoms with Crippen LogP contribution in [0.3, 0.4) is 0 Å². The molecule has 0 aliphatic heterocycles. The van der Waals surface area contributed by atoms with Gasteiger partial charge in [-0.05, 0) is 25.7 Å². The van der Waals surface area contributed by atoms with Crippen molar-refractivity contribution in [1.82, 2.24) is 5.32 Å². The molecule has 0 aromatic heterocycles. The van der Waals surface area contributed by atoms with E-state index in [1.54, 1.807) is 0 Å². The van der Waals surface area contributed by atoms with E-state index in [0.29, 0.717) is 5.92 Å². The largest absolute Gasteiger partial charge is 0.405 e. The standard InChI is InChI=1S/C11H17F3N2/c1-8(9-4-2-3-5-9)16-7-10(6-15)11(12,13)14/h8-10,16H,2-5,7H2,1H3/t8-,10?/m1/s1. The molecule has 1 unspecified atom stereocenters. The molecule has 0 radical (unpaired) electrons. The fourth-order valence-electron chi connectivity index (χ4n) is 2.16. The van der Waals surface area contributed by atoms with Crippen LogP contribution in [0.25, 0.3) is 0 Å². The van der Waals surface area contributed by atoms with Crippen LogP contribution < -0.4 is 5.32 Å². The fraction of sp³-hybridized carbons (Fsp3) is 0.909. The van der Waals surface area contributed by atoms with Gasteiger partial charge < -0.3 is 5.32 Å². The predicted molar refractivity (Wildman–Crippen MR) is 54.6 cm³/mol. The maximum Gasteiger partial charge on any atom is 0.405 e. The van der Waals surface area contributed by atoms with Gasteiger partial charge in [0.15, 0.2) is 5.92 Å². The lowest BCUT2D eigenvalue weighted by Gasteiger charge is -2.22. The summed E-state index contributed by atoms with van der Waals surface area (Å²) in [6, 6.07) is 1.37. The smallest absolute Gasteiger partial charge is 0.312 e. The van der Waals surface area contributed by atoms with Crippen molar-refractivity contribution in [3.8, 4) is 6.07 Å². The van der Waals surface area contributed by atoms with E-state index in [1.807, 2.05) is 6.92 Å². The highest BCUT2D eigenvalue weighted by Crippen LogP contribution is 2.29. The van der Waals surface area contributed by atoms with E-state index in [1.165, 1.54) is 6.07 Å². The summed E-state index contributed by atoms with van der Waals surface area (Å²) in [7, 11) is 0. The van der Waals surface area contributed by atoms with Crippen LogP contribution in [0.4, 0.5) is 13.2 Å². The van der Waals surface area contributed by atoms with E-state index in [4.69, 9.17) is 5.26 Å². The van der Waals surface area contributed by atoms with Crippen LogP contribution in [0.15, 0.2) is 0 Å². The molecule has 16 heavy (non-hydrogen) atoms. The molecule has 2 nitrogen and oxygen atoms in total. The lowest BCUT2D eigenvalue weighted by atomic mass is 9.99. The third kappa shape index (κ3) is 3.67. The van der Waals surface area contributed by atoms with E-state index in [0.717, 1.165) is 25.7 Å². The molecule has 1 aliphatic rings. The molecule has 2 atom stereocenters. The number of rotatable bonds is 4. The Hall–Kier alpha value is -0.760. The summed E-state index contributed by atoms with van der Waals surface area (Å²) < 4.78 is 36.9. The molecule has 1 saturated carbocycles. The number of nitriles is 1. The van der Waals surface area contributed by atoms with E-state index in [9.17, 15) is 13.2 Å². The predicted octanol–water partition coefficient (Wildman–Crippen LogP) is 2.86. The van der Waals surface area contributed by atoms with Crippen LogP contribution in [-0.4, -0.2) is 18.8 Å². The first-order chi connectivity index (χ1) is 7.45. The van der Waals surface area contributed by atoms with Gasteiger partial charge in [-0.1, -0.05) is 12.8 Å². The molecular weight excluding hydrogens is 217 g/mol. The molecule has 0 aromatic carbocycles. The van der Waals surface area contributed by atoms with Crippen LogP contribution in [0.1, 0.15) is 32.6 Å². The fourth-order valence-corrected chi connectivity index (χ4v) is 2.16. The topological polar surface area (TPSA) is 35.8 Å². The molecule has 0 bridgehead atoms. The molecule has 1 fully saturated rings. The molecule has 1 rings (SSSR count). The molecule has 1 aliphatic carbocycles. The second-order valence-corrected chi connectivity index (χ2v) is 4.46. The zero-order valence-electron chi connectivity index (χ0n) is 9.35. The minimum atomic E-state index is -4.42. The average molecular weight is 234 g/mol. The molecule has 0 aromatic rings. The minimum absolute atomic E-state index is 0.0701. The first kappa shape index (κ1) is 13.3. The van der Waals surface area contributed by atoms with Gasteiger partial charge >= 0.3 is 6.18 Å². The number of halogens is 3. The number of hydrogen-bond donors (Lipinski definition) is 1. The third-order valence-corrected chi connectivity index (χ3v) is 3.30. The number of hydrogen-bond acceptors (Lipinski definition) is 2. The zero-order valence-corrected chi connectivity index (χ0v) is 9.35. The molecule has 0 heterocycles. The Labute approximate surface area is 93.8 Å². The van der Waals surface area contributed by atoms with E-state index in [2.05, 4.69) is 5.32 Å². The Morgan fingerprint density at radius 3 is 2.38 bits per heavy atom. The van der Waals surface area contributed by atoms with E-state index >= 15 is 0 Å². The zero-order chi connectivity index (χ0) is 12.2. The van der Waals surface area contributed by atoms with Crippen LogP contribution in [0.5, 0.6) is 0 Å². The molecule has 1 N–H and O–H groups in total. The summed E-state index contributed by atoms with van der Waals surface area (Å²) in [5.74, 6) is -1.43. The molecule has 0 saturated heterocycles. The van der Waals surface area contributed by atoms with Crippen molar-refractivity contribution < 1.29 is 13.2 Å². The van der Waals surface area contributed by atoms with Gasteiger partial charge in [0.05, 0.1) is 6.07 Å². The Balaban J connectivity index is 2.35. The molecule has 0 spiro atoms. The van der Waals surface area contributed by atoms with Crippen molar-refractivity contribution in [2.24, 2.45) is 11.8 Å². The summed E-state index contributed by atoms with van der Waals surface area (Å²) >= 11 is 0. The van der Waals surface area contributed by atoms with Crippen molar-refractivity contribution in [2.45, 2.75) is 44.8 Å². The lowest BCUT2D eigenvalue weighted by molar-refractivity contribution is -0.158. The van der Waals surface area contributed by atoms with Gasteiger partial charge in [-0.2, -0.15) is 18.4 Å². The Morgan fingerprint density at radius 1 is 1.38 bits per heavy atom. The Bertz CT molecular complexity index is 251. The number of alkyl halides is 3. The molecular formula is C11H17F3N2. The van der Waals surface area contributed by atoms with Gasteiger partial charge in [0, 0.05) is 12.6 Å². The Kier molecular flexibility index (Phi) is 4.60. The van der Waals surface area contributed by atoms with Crippen LogP contribution in [0, 0.1) is 23.2 Å². The first-order valence-corrected chi connectivity index (χ1v) is 5.65. The Morgan fingerprint density at radius 2 is 1.94 bits per heavy atom. The highest BCUT2D eigenvalue weighted by atomic mass is 19.4. The summed E-state index contributed by atoms with van der Waals surface area (Å²) in [4.78, 5) is 0. The summed E-state index contributed by atoms with van der Waals surface area (Å²) in [5.41, 5.74) is 0. The lowest BCUT2D eigenvalue weighted by Crippen LogP contribution is -2.39. The van der Waals surface area contributed by atoms with Crippen molar-refractivity contribution in [3.05, 3.63) is 0 Å². The average Bonchev–Trinajstić information content (AvgIpc) is 2.68. The van der Waals surface area contributed by atoms with Gasteiger partial charge in [0.2, 0.25) is 0 Å². The summed E-state index contributed by atoms with van der Waals surface area (Å²) in [5, 5.41) is 11.3. The highest BCUT2D eigenvalue weighted by molar-refractivity contribution is 4.91. The SMILES string of the molecule is C[C@@H](NCC(C#N)C(F)(F)F)C1CCCC1. The van der Waals surface area contributed by atoms with Crippen LogP contribution in [0.2, 0.25) is 0 Å². The maximum absolute atomic E-state index is 12.3. The van der Waals surface area contributed by atoms with Gasteiger partial charge in [-0.25, -0.2) is 0 Å². The van der Waals surface area contributed by atoms with E-state index < -0.39 is 12.1 Å². The normalized spacial score (nSPS) is 21.7. The highest BCUT2D eigenvalue weighted by Gasteiger charge is 2.40. The van der Waals surface area contributed by atoms with E-state index in [-0.39, 0.29) is 12.6 Å². The van der Waals surface area contributed by atoms with Crippen LogP contribution >= 0.6 is 0 Å². The van der Waals surface area contributed by atoms with Crippen molar-refractivity contribution >= 4 is 0 Å². The van der Waals surface area contributed by atoms with Gasteiger partial charge in [0.25, 0.3) is 0 Å². The second kappa shape index (κ2) is 5.53. The van der Waals surface area contributed by atoms with Gasteiger partial charge in [0.1, 0.15) is 0 Å². The van der Waals surface area contributed by atoms with Crippen molar-refractivity contribution in [2.75, 3.05) is 6.54 Å². The molecule has 5 heteroatoms.